The van der Waals surface area contributed by atoms with Gasteiger partial charge in [0.05, 0.1) is 19.3 Å². The minimum Gasteiger partial charge on any atom is -0.383 e. The summed E-state index contributed by atoms with van der Waals surface area (Å²) in [6.07, 6.45) is 3.16. The zero-order valence-corrected chi connectivity index (χ0v) is 12.2. The highest BCUT2D eigenvalue weighted by atomic mass is 16.5. The molecule has 1 aliphatic heterocycles. The lowest BCUT2D eigenvalue weighted by Crippen LogP contribution is -2.35. The summed E-state index contributed by atoms with van der Waals surface area (Å²) in [6.45, 7) is 2.00. The number of hydrogen-bond donors (Lipinski definition) is 3. The van der Waals surface area contributed by atoms with Crippen molar-refractivity contribution in [3.63, 3.8) is 0 Å². The average molecular weight is 298 g/mol. The van der Waals surface area contributed by atoms with Crippen molar-refractivity contribution in [2.45, 2.75) is 31.9 Å². The summed E-state index contributed by atoms with van der Waals surface area (Å²) < 4.78 is 11.7. The maximum absolute atomic E-state index is 11.8. The Morgan fingerprint density at radius 2 is 2.33 bits per heavy atom. The van der Waals surface area contributed by atoms with Gasteiger partial charge in [0, 0.05) is 20.3 Å². The first-order valence-electron chi connectivity index (χ1n) is 7.10. The van der Waals surface area contributed by atoms with Gasteiger partial charge < -0.3 is 20.5 Å². The minimum absolute atomic E-state index is 0.133. The lowest BCUT2D eigenvalue weighted by atomic mass is 10.2. The van der Waals surface area contributed by atoms with E-state index in [-0.39, 0.29) is 17.6 Å². The van der Waals surface area contributed by atoms with Crippen molar-refractivity contribution in [2.75, 3.05) is 37.9 Å². The van der Waals surface area contributed by atoms with Gasteiger partial charge in [-0.3, -0.25) is 14.3 Å². The first-order valence-corrected chi connectivity index (χ1v) is 7.10. The van der Waals surface area contributed by atoms with E-state index in [0.29, 0.717) is 19.7 Å². The molecular weight excluding hydrogens is 276 g/mol. The lowest BCUT2D eigenvalue weighted by Gasteiger charge is -2.14. The smallest absolute Gasteiger partial charge is 0.330 e. The van der Waals surface area contributed by atoms with Crippen LogP contribution >= 0.6 is 0 Å². The van der Waals surface area contributed by atoms with Gasteiger partial charge in [-0.25, -0.2) is 4.79 Å². The van der Waals surface area contributed by atoms with E-state index >= 15 is 0 Å². The first-order chi connectivity index (χ1) is 10.1. The van der Waals surface area contributed by atoms with Crippen LogP contribution in [0, 0.1) is 0 Å². The van der Waals surface area contributed by atoms with Gasteiger partial charge in [-0.1, -0.05) is 0 Å². The van der Waals surface area contributed by atoms with Crippen molar-refractivity contribution >= 4 is 11.5 Å². The number of nitrogens with one attached hydrogen (secondary N) is 2. The van der Waals surface area contributed by atoms with Gasteiger partial charge in [0.15, 0.2) is 0 Å². The predicted octanol–water partition coefficient (Wildman–Crippen LogP) is -0.254. The molecule has 0 spiro atoms. The normalized spacial score (nSPS) is 18.0. The molecule has 8 heteroatoms. The monoisotopic (exact) mass is 298 g/mol. The summed E-state index contributed by atoms with van der Waals surface area (Å²) >= 11 is 0. The Bertz CT molecular complexity index is 575. The van der Waals surface area contributed by atoms with Gasteiger partial charge >= 0.3 is 5.69 Å². The van der Waals surface area contributed by atoms with Gasteiger partial charge in [0.2, 0.25) is 0 Å². The van der Waals surface area contributed by atoms with Crippen LogP contribution in [0.15, 0.2) is 9.59 Å². The lowest BCUT2D eigenvalue weighted by molar-refractivity contribution is 0.107. The minimum atomic E-state index is -0.528. The number of methoxy groups -OCH3 is 1. The quantitative estimate of drug-likeness (QED) is 0.640. The summed E-state index contributed by atoms with van der Waals surface area (Å²) in [5.41, 5.74) is 5.11. The van der Waals surface area contributed by atoms with Gasteiger partial charge in [0.25, 0.3) is 5.56 Å². The number of ether oxygens (including phenoxy) is 2. The Morgan fingerprint density at radius 1 is 1.52 bits per heavy atom. The maximum atomic E-state index is 11.8. The molecule has 1 atom stereocenters. The number of aromatic amines is 1. The zero-order valence-electron chi connectivity index (χ0n) is 12.2. The molecule has 0 aliphatic carbocycles. The molecule has 0 radical (unpaired) electrons. The highest BCUT2D eigenvalue weighted by Gasteiger charge is 2.16. The van der Waals surface area contributed by atoms with Crippen LogP contribution in [0.1, 0.15) is 19.3 Å². The summed E-state index contributed by atoms with van der Waals surface area (Å²) in [6, 6.07) is 0. The molecule has 21 heavy (non-hydrogen) atoms. The summed E-state index contributed by atoms with van der Waals surface area (Å²) in [7, 11) is 1.54. The van der Waals surface area contributed by atoms with E-state index < -0.39 is 11.2 Å². The Kier molecular flexibility index (Phi) is 5.40. The molecule has 0 bridgehead atoms. The first kappa shape index (κ1) is 15.6. The fourth-order valence-electron chi connectivity index (χ4n) is 2.39. The van der Waals surface area contributed by atoms with E-state index in [4.69, 9.17) is 15.2 Å². The summed E-state index contributed by atoms with van der Waals surface area (Å²) in [5, 5.41) is 3.00. The number of nitrogens with two attached hydrogens (primary N) is 1. The van der Waals surface area contributed by atoms with Crippen molar-refractivity contribution in [1.82, 2.24) is 9.55 Å². The standard InChI is InChI=1S/C13H22N4O4/c1-20-8-6-17-11(14)10(12(18)16-13(17)19)15-5-4-9-3-2-7-21-9/h9,15H,2-8,14H2,1H3,(H,16,18,19). The number of rotatable bonds is 7. The molecular formula is C13H22N4O4. The highest BCUT2D eigenvalue weighted by molar-refractivity contribution is 5.60. The van der Waals surface area contributed by atoms with Crippen molar-refractivity contribution in [1.29, 1.82) is 0 Å². The van der Waals surface area contributed by atoms with Crippen LogP contribution in [-0.4, -0.2) is 42.5 Å². The zero-order chi connectivity index (χ0) is 15.2. The van der Waals surface area contributed by atoms with Crippen LogP contribution < -0.4 is 22.3 Å². The average Bonchev–Trinajstić information content (AvgIpc) is 2.95. The molecule has 1 saturated heterocycles. The van der Waals surface area contributed by atoms with Gasteiger partial charge in [-0.05, 0) is 19.3 Å². The third-order valence-electron chi connectivity index (χ3n) is 3.55. The largest absolute Gasteiger partial charge is 0.383 e. The second-order valence-electron chi connectivity index (χ2n) is 5.01. The second kappa shape index (κ2) is 7.28. The molecule has 0 aromatic carbocycles. The summed E-state index contributed by atoms with van der Waals surface area (Å²) in [5.74, 6) is 0.133. The maximum Gasteiger partial charge on any atom is 0.330 e. The number of nitrogens with zero attached hydrogens (tertiary/aromatic N) is 1. The molecule has 1 fully saturated rings. The van der Waals surface area contributed by atoms with E-state index in [1.807, 2.05) is 0 Å². The Morgan fingerprint density at radius 3 is 3.00 bits per heavy atom. The Labute approximate surface area is 122 Å². The number of aromatic nitrogens is 2. The van der Waals surface area contributed by atoms with E-state index in [9.17, 15) is 9.59 Å². The topological polar surface area (TPSA) is 111 Å². The van der Waals surface area contributed by atoms with E-state index in [2.05, 4.69) is 10.3 Å². The van der Waals surface area contributed by atoms with Gasteiger partial charge in [-0.2, -0.15) is 0 Å². The Balaban J connectivity index is 2.06. The van der Waals surface area contributed by atoms with Crippen LogP contribution in [0.4, 0.5) is 11.5 Å². The molecule has 0 saturated carbocycles. The number of anilines is 2. The van der Waals surface area contributed by atoms with Crippen LogP contribution in [0.2, 0.25) is 0 Å². The number of hydrogen-bond acceptors (Lipinski definition) is 6. The molecule has 2 heterocycles. The van der Waals surface area contributed by atoms with Crippen molar-refractivity contribution in [2.24, 2.45) is 0 Å². The van der Waals surface area contributed by atoms with Gasteiger partial charge in [0.1, 0.15) is 11.5 Å². The molecule has 1 aromatic heterocycles. The molecule has 1 aromatic rings. The summed E-state index contributed by atoms with van der Waals surface area (Å²) in [4.78, 5) is 25.8. The number of nitrogen functional groups attached to an aromatic ring is 1. The van der Waals surface area contributed by atoms with Crippen LogP contribution in [0.25, 0.3) is 0 Å². The van der Waals surface area contributed by atoms with Crippen molar-refractivity contribution < 1.29 is 9.47 Å². The Hall–Kier alpha value is -1.80. The molecule has 1 aliphatic rings. The van der Waals surface area contributed by atoms with E-state index in [1.165, 1.54) is 11.7 Å². The third-order valence-corrected chi connectivity index (χ3v) is 3.55. The highest BCUT2D eigenvalue weighted by Crippen LogP contribution is 2.16. The molecule has 0 amide bonds. The van der Waals surface area contributed by atoms with Crippen LogP contribution in [0.3, 0.4) is 0 Å². The molecule has 2 rings (SSSR count). The fourth-order valence-corrected chi connectivity index (χ4v) is 2.39. The SMILES string of the molecule is COCCn1c(N)c(NCCC2CCCO2)c(=O)[nH]c1=O. The number of H-pyrrole nitrogens is 1. The van der Waals surface area contributed by atoms with Crippen LogP contribution in [-0.2, 0) is 16.0 Å². The predicted molar refractivity (Wildman–Crippen MR) is 79.7 cm³/mol. The molecule has 118 valence electrons. The second-order valence-corrected chi connectivity index (χ2v) is 5.01. The van der Waals surface area contributed by atoms with E-state index in [1.54, 1.807) is 0 Å². The molecule has 8 nitrogen and oxygen atoms in total. The molecule has 4 N–H and O–H groups in total. The van der Waals surface area contributed by atoms with Crippen molar-refractivity contribution in [3.05, 3.63) is 20.8 Å². The molecule has 1 unspecified atom stereocenters. The van der Waals surface area contributed by atoms with Crippen molar-refractivity contribution in [3.8, 4) is 0 Å². The van der Waals surface area contributed by atoms with E-state index in [0.717, 1.165) is 25.9 Å². The fraction of sp³-hybridized carbons (Fsp3) is 0.692. The van der Waals surface area contributed by atoms with Crippen LogP contribution in [0.5, 0.6) is 0 Å². The van der Waals surface area contributed by atoms with Gasteiger partial charge in [-0.15, -0.1) is 0 Å². The third kappa shape index (κ3) is 3.85.